The van der Waals surface area contributed by atoms with Crippen molar-refractivity contribution >= 4 is 6.09 Å². The zero-order chi connectivity index (χ0) is 13.9. The van der Waals surface area contributed by atoms with E-state index in [4.69, 9.17) is 9.47 Å². The van der Waals surface area contributed by atoms with Gasteiger partial charge in [0.05, 0.1) is 6.61 Å². The van der Waals surface area contributed by atoms with Crippen LogP contribution in [0.15, 0.2) is 0 Å². The summed E-state index contributed by atoms with van der Waals surface area (Å²) in [7, 11) is 0. The van der Waals surface area contributed by atoms with E-state index in [1.807, 2.05) is 20.8 Å². The molecule has 5 nitrogen and oxygen atoms in total. The maximum atomic E-state index is 11.8. The molecule has 5 heteroatoms. The SMILES string of the molecule is CC(C)(C)OC(=O)NC(CNC1CCOC1)C1CC1. The zero-order valence-electron chi connectivity index (χ0n) is 12.2. The molecule has 1 amide bonds. The van der Waals surface area contributed by atoms with E-state index in [0.29, 0.717) is 12.0 Å². The van der Waals surface area contributed by atoms with Crippen molar-refractivity contribution in [3.05, 3.63) is 0 Å². The lowest BCUT2D eigenvalue weighted by molar-refractivity contribution is 0.0496. The van der Waals surface area contributed by atoms with E-state index in [-0.39, 0.29) is 12.1 Å². The molecule has 0 bridgehead atoms. The van der Waals surface area contributed by atoms with Gasteiger partial charge in [0, 0.05) is 25.2 Å². The highest BCUT2D eigenvalue weighted by atomic mass is 16.6. The fourth-order valence-corrected chi connectivity index (χ4v) is 2.28. The number of rotatable bonds is 5. The molecule has 2 atom stereocenters. The number of carbonyl (C=O) groups is 1. The monoisotopic (exact) mass is 270 g/mol. The number of hydrogen-bond donors (Lipinski definition) is 2. The van der Waals surface area contributed by atoms with Crippen molar-refractivity contribution in [2.75, 3.05) is 19.8 Å². The van der Waals surface area contributed by atoms with Crippen molar-refractivity contribution < 1.29 is 14.3 Å². The van der Waals surface area contributed by atoms with Crippen LogP contribution in [-0.2, 0) is 9.47 Å². The maximum absolute atomic E-state index is 11.8. The number of hydrogen-bond acceptors (Lipinski definition) is 4. The molecule has 1 saturated heterocycles. The van der Waals surface area contributed by atoms with E-state index in [0.717, 1.165) is 26.2 Å². The second-order valence-electron chi connectivity index (χ2n) is 6.56. The molecule has 1 aliphatic carbocycles. The third kappa shape index (κ3) is 5.37. The van der Waals surface area contributed by atoms with Gasteiger partial charge in [-0.15, -0.1) is 0 Å². The first-order chi connectivity index (χ1) is 8.94. The first kappa shape index (κ1) is 14.6. The van der Waals surface area contributed by atoms with Crippen LogP contribution >= 0.6 is 0 Å². The minimum atomic E-state index is -0.440. The normalized spacial score (nSPS) is 25.1. The lowest BCUT2D eigenvalue weighted by atomic mass is 10.1. The Hall–Kier alpha value is -0.810. The Morgan fingerprint density at radius 2 is 2.11 bits per heavy atom. The average Bonchev–Trinajstić information content (AvgIpc) is 2.99. The quantitative estimate of drug-likeness (QED) is 0.798. The first-order valence-electron chi connectivity index (χ1n) is 7.25. The predicted octanol–water partition coefficient (Wildman–Crippen LogP) is 1.67. The van der Waals surface area contributed by atoms with Gasteiger partial charge in [-0.1, -0.05) is 0 Å². The summed E-state index contributed by atoms with van der Waals surface area (Å²) in [5, 5.41) is 6.47. The highest BCUT2D eigenvalue weighted by molar-refractivity contribution is 5.68. The largest absolute Gasteiger partial charge is 0.444 e. The Morgan fingerprint density at radius 1 is 1.37 bits per heavy atom. The smallest absolute Gasteiger partial charge is 0.407 e. The highest BCUT2D eigenvalue weighted by Gasteiger charge is 2.33. The summed E-state index contributed by atoms with van der Waals surface area (Å²) in [6.45, 7) is 8.07. The topological polar surface area (TPSA) is 59.6 Å². The third-order valence-corrected chi connectivity index (χ3v) is 3.45. The molecular weight excluding hydrogens is 244 g/mol. The molecule has 110 valence electrons. The number of alkyl carbamates (subject to hydrolysis) is 1. The maximum Gasteiger partial charge on any atom is 0.407 e. The number of carbonyl (C=O) groups excluding carboxylic acids is 1. The molecule has 1 aliphatic heterocycles. The van der Waals surface area contributed by atoms with Crippen LogP contribution in [0.3, 0.4) is 0 Å². The van der Waals surface area contributed by atoms with E-state index < -0.39 is 5.60 Å². The molecule has 2 rings (SSSR count). The summed E-state index contributed by atoms with van der Waals surface area (Å²) in [5.74, 6) is 0.599. The fourth-order valence-electron chi connectivity index (χ4n) is 2.28. The van der Waals surface area contributed by atoms with Crippen molar-refractivity contribution in [3.8, 4) is 0 Å². The van der Waals surface area contributed by atoms with Gasteiger partial charge < -0.3 is 20.1 Å². The van der Waals surface area contributed by atoms with Gasteiger partial charge in [0.15, 0.2) is 0 Å². The minimum Gasteiger partial charge on any atom is -0.444 e. The van der Waals surface area contributed by atoms with Crippen LogP contribution in [0.25, 0.3) is 0 Å². The molecular formula is C14H26N2O3. The fraction of sp³-hybridized carbons (Fsp3) is 0.929. The standard InChI is InChI=1S/C14H26N2O3/c1-14(2,3)19-13(17)16-12(10-4-5-10)8-15-11-6-7-18-9-11/h10-12,15H,4-9H2,1-3H3,(H,16,17). The van der Waals surface area contributed by atoms with Crippen LogP contribution in [0, 0.1) is 5.92 Å². The summed E-state index contributed by atoms with van der Waals surface area (Å²) in [4.78, 5) is 11.8. The molecule has 2 unspecified atom stereocenters. The Balaban J connectivity index is 1.74. The van der Waals surface area contributed by atoms with E-state index >= 15 is 0 Å². The highest BCUT2D eigenvalue weighted by Crippen LogP contribution is 2.32. The first-order valence-corrected chi connectivity index (χ1v) is 7.25. The average molecular weight is 270 g/mol. The van der Waals surface area contributed by atoms with Gasteiger partial charge in [0.1, 0.15) is 5.60 Å². The lowest BCUT2D eigenvalue weighted by Crippen LogP contribution is -2.47. The van der Waals surface area contributed by atoms with Gasteiger partial charge >= 0.3 is 6.09 Å². The van der Waals surface area contributed by atoms with Crippen LogP contribution in [-0.4, -0.2) is 43.5 Å². The van der Waals surface area contributed by atoms with Crippen molar-refractivity contribution in [1.82, 2.24) is 10.6 Å². The second-order valence-corrected chi connectivity index (χ2v) is 6.56. The Kier molecular flexibility index (Phi) is 4.68. The molecule has 0 spiro atoms. The molecule has 0 aromatic carbocycles. The third-order valence-electron chi connectivity index (χ3n) is 3.45. The lowest BCUT2D eigenvalue weighted by Gasteiger charge is -2.24. The van der Waals surface area contributed by atoms with Gasteiger partial charge in [-0.3, -0.25) is 0 Å². The summed E-state index contributed by atoms with van der Waals surface area (Å²) in [5.41, 5.74) is -0.440. The van der Waals surface area contributed by atoms with Crippen molar-refractivity contribution in [2.24, 2.45) is 5.92 Å². The summed E-state index contributed by atoms with van der Waals surface area (Å²) < 4.78 is 10.7. The number of amides is 1. The van der Waals surface area contributed by atoms with E-state index in [9.17, 15) is 4.79 Å². The molecule has 0 radical (unpaired) electrons. The van der Waals surface area contributed by atoms with E-state index in [1.54, 1.807) is 0 Å². The number of nitrogens with one attached hydrogen (secondary N) is 2. The van der Waals surface area contributed by atoms with Crippen LogP contribution in [0.5, 0.6) is 0 Å². The Bertz CT molecular complexity index is 304. The number of ether oxygens (including phenoxy) is 2. The Labute approximate surface area is 115 Å². The van der Waals surface area contributed by atoms with Gasteiger partial charge in [0.25, 0.3) is 0 Å². The van der Waals surface area contributed by atoms with E-state index in [1.165, 1.54) is 12.8 Å². The molecule has 0 aromatic heterocycles. The van der Waals surface area contributed by atoms with Crippen molar-refractivity contribution in [3.63, 3.8) is 0 Å². The molecule has 0 aromatic rings. The molecule has 19 heavy (non-hydrogen) atoms. The van der Waals surface area contributed by atoms with Gasteiger partial charge in [-0.05, 0) is 46.0 Å². The van der Waals surface area contributed by atoms with Gasteiger partial charge in [0.2, 0.25) is 0 Å². The van der Waals surface area contributed by atoms with Gasteiger partial charge in [-0.2, -0.15) is 0 Å². The van der Waals surface area contributed by atoms with Crippen LogP contribution in [0.4, 0.5) is 4.79 Å². The molecule has 2 N–H and O–H groups in total. The molecule has 2 aliphatic rings. The summed E-state index contributed by atoms with van der Waals surface area (Å²) in [6, 6.07) is 0.608. The Morgan fingerprint density at radius 3 is 2.63 bits per heavy atom. The van der Waals surface area contributed by atoms with E-state index in [2.05, 4.69) is 10.6 Å². The molecule has 2 fully saturated rings. The van der Waals surface area contributed by atoms with Crippen LogP contribution < -0.4 is 10.6 Å². The van der Waals surface area contributed by atoms with Crippen LogP contribution in [0.2, 0.25) is 0 Å². The summed E-state index contributed by atoms with van der Waals surface area (Å²) in [6.07, 6.45) is 3.14. The second kappa shape index (κ2) is 6.09. The van der Waals surface area contributed by atoms with Crippen LogP contribution in [0.1, 0.15) is 40.0 Å². The van der Waals surface area contributed by atoms with Gasteiger partial charge in [-0.25, -0.2) is 4.79 Å². The van der Waals surface area contributed by atoms with Crippen molar-refractivity contribution in [2.45, 2.75) is 57.7 Å². The molecule has 1 heterocycles. The van der Waals surface area contributed by atoms with Crippen molar-refractivity contribution in [1.29, 1.82) is 0 Å². The molecule has 1 saturated carbocycles. The zero-order valence-corrected chi connectivity index (χ0v) is 12.2. The predicted molar refractivity (Wildman–Crippen MR) is 73.1 cm³/mol. The summed E-state index contributed by atoms with van der Waals surface area (Å²) >= 11 is 0. The minimum absolute atomic E-state index is 0.176.